The summed E-state index contributed by atoms with van der Waals surface area (Å²) in [7, 11) is 0. The number of ketones is 1. The predicted molar refractivity (Wildman–Crippen MR) is 61.5 cm³/mol. The number of anilines is 1. The van der Waals surface area contributed by atoms with Crippen LogP contribution in [-0.2, 0) is 9.59 Å². The molecule has 0 heterocycles. The summed E-state index contributed by atoms with van der Waals surface area (Å²) in [6.07, 6.45) is -0.479. The SMILES string of the molecule is CC(=O)Nc1cccc(OC(C)C(C)=O)c1. The minimum absolute atomic E-state index is 0.0371. The molecule has 0 saturated carbocycles. The van der Waals surface area contributed by atoms with Gasteiger partial charge in [-0.2, -0.15) is 0 Å². The molecule has 86 valence electrons. The monoisotopic (exact) mass is 221 g/mol. The van der Waals surface area contributed by atoms with Gasteiger partial charge in [-0.15, -0.1) is 0 Å². The molecule has 0 aliphatic rings. The molecule has 1 aromatic carbocycles. The molecule has 1 rings (SSSR count). The van der Waals surface area contributed by atoms with E-state index in [4.69, 9.17) is 4.74 Å². The van der Waals surface area contributed by atoms with Gasteiger partial charge in [-0.1, -0.05) is 6.07 Å². The van der Waals surface area contributed by atoms with Gasteiger partial charge in [0, 0.05) is 18.7 Å². The summed E-state index contributed by atoms with van der Waals surface area (Å²) in [5, 5.41) is 2.64. The van der Waals surface area contributed by atoms with E-state index < -0.39 is 6.10 Å². The molecule has 1 atom stereocenters. The zero-order valence-electron chi connectivity index (χ0n) is 9.61. The third-order valence-electron chi connectivity index (χ3n) is 2.04. The first kappa shape index (κ1) is 12.2. The quantitative estimate of drug-likeness (QED) is 0.846. The average molecular weight is 221 g/mol. The van der Waals surface area contributed by atoms with Crippen molar-refractivity contribution < 1.29 is 14.3 Å². The van der Waals surface area contributed by atoms with Crippen LogP contribution in [0.4, 0.5) is 5.69 Å². The van der Waals surface area contributed by atoms with Crippen LogP contribution >= 0.6 is 0 Å². The van der Waals surface area contributed by atoms with Crippen molar-refractivity contribution in [1.29, 1.82) is 0 Å². The van der Waals surface area contributed by atoms with E-state index in [9.17, 15) is 9.59 Å². The molecule has 0 bridgehead atoms. The molecule has 0 spiro atoms. The second-order valence-corrected chi connectivity index (χ2v) is 3.58. The van der Waals surface area contributed by atoms with Crippen molar-refractivity contribution in [3.05, 3.63) is 24.3 Å². The van der Waals surface area contributed by atoms with Crippen LogP contribution < -0.4 is 10.1 Å². The number of amides is 1. The summed E-state index contributed by atoms with van der Waals surface area (Å²) in [5.41, 5.74) is 0.653. The molecule has 0 saturated heterocycles. The molecule has 0 aromatic heterocycles. The summed E-state index contributed by atoms with van der Waals surface area (Å²) < 4.78 is 5.40. The Balaban J connectivity index is 2.74. The van der Waals surface area contributed by atoms with Crippen LogP contribution in [0, 0.1) is 0 Å². The average Bonchev–Trinajstić information content (AvgIpc) is 2.16. The molecular formula is C12H15NO3. The molecule has 1 N–H and O–H groups in total. The van der Waals surface area contributed by atoms with Crippen LogP contribution in [0.3, 0.4) is 0 Å². The first-order valence-electron chi connectivity index (χ1n) is 5.04. The fourth-order valence-electron chi connectivity index (χ4n) is 1.14. The van der Waals surface area contributed by atoms with Crippen LogP contribution in [0.1, 0.15) is 20.8 Å². The fourth-order valence-corrected chi connectivity index (χ4v) is 1.14. The number of carbonyl (C=O) groups is 2. The van der Waals surface area contributed by atoms with Crippen molar-refractivity contribution in [2.45, 2.75) is 26.9 Å². The Morgan fingerprint density at radius 2 is 2.00 bits per heavy atom. The number of ether oxygens (including phenoxy) is 1. The van der Waals surface area contributed by atoms with Gasteiger partial charge < -0.3 is 10.1 Å². The van der Waals surface area contributed by atoms with Crippen molar-refractivity contribution in [2.75, 3.05) is 5.32 Å². The second kappa shape index (κ2) is 5.30. The van der Waals surface area contributed by atoms with Gasteiger partial charge in [0.25, 0.3) is 0 Å². The van der Waals surface area contributed by atoms with Crippen LogP contribution in [0.5, 0.6) is 5.75 Å². The Morgan fingerprint density at radius 3 is 2.56 bits per heavy atom. The smallest absolute Gasteiger partial charge is 0.221 e. The van der Waals surface area contributed by atoms with Gasteiger partial charge in [0.1, 0.15) is 5.75 Å². The summed E-state index contributed by atoms with van der Waals surface area (Å²) >= 11 is 0. The third-order valence-corrected chi connectivity index (χ3v) is 2.04. The van der Waals surface area contributed by atoms with E-state index in [2.05, 4.69) is 5.32 Å². The number of carbonyl (C=O) groups excluding carboxylic acids is 2. The van der Waals surface area contributed by atoms with Gasteiger partial charge in [-0.05, 0) is 26.0 Å². The van der Waals surface area contributed by atoms with Gasteiger partial charge in [0.05, 0.1) is 0 Å². The van der Waals surface area contributed by atoms with E-state index in [1.165, 1.54) is 13.8 Å². The molecule has 1 aromatic rings. The summed E-state index contributed by atoms with van der Waals surface area (Å²) in [6.45, 7) is 4.60. The van der Waals surface area contributed by atoms with E-state index in [0.29, 0.717) is 11.4 Å². The maximum absolute atomic E-state index is 11.0. The first-order valence-corrected chi connectivity index (χ1v) is 5.04. The van der Waals surface area contributed by atoms with Crippen molar-refractivity contribution in [3.8, 4) is 5.75 Å². The number of hydrogen-bond donors (Lipinski definition) is 1. The molecule has 4 nitrogen and oxygen atoms in total. The van der Waals surface area contributed by atoms with Gasteiger partial charge in [-0.3, -0.25) is 9.59 Å². The minimum atomic E-state index is -0.479. The molecule has 16 heavy (non-hydrogen) atoms. The molecule has 4 heteroatoms. The van der Waals surface area contributed by atoms with Gasteiger partial charge in [0.2, 0.25) is 5.91 Å². The van der Waals surface area contributed by atoms with Gasteiger partial charge >= 0.3 is 0 Å². The van der Waals surface area contributed by atoms with Gasteiger partial charge in [0.15, 0.2) is 11.9 Å². The first-order chi connectivity index (χ1) is 7.49. The van der Waals surface area contributed by atoms with Crippen molar-refractivity contribution in [2.24, 2.45) is 0 Å². The lowest BCUT2D eigenvalue weighted by atomic mass is 10.2. The van der Waals surface area contributed by atoms with E-state index in [-0.39, 0.29) is 11.7 Å². The second-order valence-electron chi connectivity index (χ2n) is 3.58. The van der Waals surface area contributed by atoms with Crippen LogP contribution in [0.25, 0.3) is 0 Å². The van der Waals surface area contributed by atoms with E-state index in [1.807, 2.05) is 0 Å². The maximum atomic E-state index is 11.0. The lowest BCUT2D eigenvalue weighted by Gasteiger charge is -2.12. The predicted octanol–water partition coefficient (Wildman–Crippen LogP) is 2.00. The molecule has 1 unspecified atom stereocenters. The van der Waals surface area contributed by atoms with Crippen LogP contribution in [0.15, 0.2) is 24.3 Å². The summed E-state index contributed by atoms with van der Waals surface area (Å²) in [4.78, 5) is 21.9. The number of nitrogens with one attached hydrogen (secondary N) is 1. The molecular weight excluding hydrogens is 206 g/mol. The Labute approximate surface area is 94.6 Å². The summed E-state index contributed by atoms with van der Waals surface area (Å²) in [5.74, 6) is 0.385. The van der Waals surface area contributed by atoms with Crippen molar-refractivity contribution >= 4 is 17.4 Å². The Hall–Kier alpha value is -1.84. The minimum Gasteiger partial charge on any atom is -0.483 e. The lowest BCUT2D eigenvalue weighted by Crippen LogP contribution is -2.20. The van der Waals surface area contributed by atoms with Crippen molar-refractivity contribution in [3.63, 3.8) is 0 Å². The standard InChI is InChI=1S/C12H15NO3/c1-8(14)9(2)16-12-6-4-5-11(7-12)13-10(3)15/h4-7,9H,1-3H3,(H,13,15). The largest absolute Gasteiger partial charge is 0.483 e. The zero-order valence-corrected chi connectivity index (χ0v) is 9.61. The van der Waals surface area contributed by atoms with E-state index in [1.54, 1.807) is 31.2 Å². The molecule has 0 aliphatic heterocycles. The Kier molecular flexibility index (Phi) is 4.05. The van der Waals surface area contributed by atoms with Crippen LogP contribution in [-0.4, -0.2) is 17.8 Å². The highest BCUT2D eigenvalue weighted by atomic mass is 16.5. The van der Waals surface area contributed by atoms with Crippen LogP contribution in [0.2, 0.25) is 0 Å². The Bertz CT molecular complexity index is 401. The molecule has 0 radical (unpaired) electrons. The number of rotatable bonds is 4. The number of Topliss-reactive ketones (excluding diaryl/α,β-unsaturated/α-hetero) is 1. The van der Waals surface area contributed by atoms with E-state index in [0.717, 1.165) is 0 Å². The molecule has 0 aliphatic carbocycles. The molecule has 1 amide bonds. The zero-order chi connectivity index (χ0) is 12.1. The fraction of sp³-hybridized carbons (Fsp3) is 0.333. The maximum Gasteiger partial charge on any atom is 0.221 e. The number of hydrogen-bond acceptors (Lipinski definition) is 3. The highest BCUT2D eigenvalue weighted by molar-refractivity contribution is 5.88. The van der Waals surface area contributed by atoms with Gasteiger partial charge in [-0.25, -0.2) is 0 Å². The normalized spacial score (nSPS) is 11.7. The summed E-state index contributed by atoms with van der Waals surface area (Å²) in [6, 6.07) is 6.94. The Morgan fingerprint density at radius 1 is 1.31 bits per heavy atom. The highest BCUT2D eigenvalue weighted by Gasteiger charge is 2.09. The van der Waals surface area contributed by atoms with Crippen molar-refractivity contribution in [1.82, 2.24) is 0 Å². The number of benzene rings is 1. The topological polar surface area (TPSA) is 55.4 Å². The van der Waals surface area contributed by atoms with E-state index >= 15 is 0 Å². The third kappa shape index (κ3) is 3.73. The molecule has 0 fully saturated rings. The highest BCUT2D eigenvalue weighted by Crippen LogP contribution is 2.18. The lowest BCUT2D eigenvalue weighted by molar-refractivity contribution is -0.122.